The van der Waals surface area contributed by atoms with Crippen LogP contribution in [-0.2, 0) is 17.5 Å². The summed E-state index contributed by atoms with van der Waals surface area (Å²) in [4.78, 5) is 3.33. The largest absolute Gasteiger partial charge is 0.598 e. The van der Waals surface area contributed by atoms with Gasteiger partial charge in [-0.3, -0.25) is 0 Å². The van der Waals surface area contributed by atoms with E-state index in [2.05, 4.69) is 14.4 Å². The number of benzene rings is 1. The molecule has 1 aromatic carbocycles. The molecule has 1 unspecified atom stereocenters. The summed E-state index contributed by atoms with van der Waals surface area (Å²) in [5.74, 6) is -2.14. The Morgan fingerprint density at radius 1 is 0.967 bits per heavy atom. The molecule has 0 spiro atoms. The maximum Gasteiger partial charge on any atom is 0.573 e. The highest BCUT2D eigenvalue weighted by atomic mass is 32.2. The fourth-order valence-electron chi connectivity index (χ4n) is 2.26. The molecule has 0 radical (unpaired) electrons. The van der Waals surface area contributed by atoms with Crippen LogP contribution in [0.2, 0.25) is 0 Å². The fourth-order valence-corrected chi connectivity index (χ4v) is 3.09. The highest BCUT2D eigenvalue weighted by molar-refractivity contribution is 7.90. The summed E-state index contributed by atoms with van der Waals surface area (Å²) >= 11 is -1.80. The first kappa shape index (κ1) is 24.2. The SMILES string of the molecule is CC(C)(C)[S@@+]([O-])NC(c1ccc(OC(F)(F)F)cc1)c1ccc(F)c(C(F)(F)F)n1. The van der Waals surface area contributed by atoms with Crippen LogP contribution in [0.3, 0.4) is 0 Å². The molecule has 0 amide bonds. The van der Waals surface area contributed by atoms with E-state index in [9.17, 15) is 35.3 Å². The van der Waals surface area contributed by atoms with Gasteiger partial charge in [-0.2, -0.15) is 13.2 Å². The smallest absolute Gasteiger partial charge is 0.573 e. The summed E-state index contributed by atoms with van der Waals surface area (Å²) in [5.41, 5.74) is -1.93. The van der Waals surface area contributed by atoms with Gasteiger partial charge in [-0.25, -0.2) is 9.37 Å². The lowest BCUT2D eigenvalue weighted by atomic mass is 10.0. The van der Waals surface area contributed by atoms with Crippen LogP contribution in [0.15, 0.2) is 36.4 Å². The zero-order chi connectivity index (χ0) is 22.9. The van der Waals surface area contributed by atoms with Crippen molar-refractivity contribution in [3.63, 3.8) is 0 Å². The van der Waals surface area contributed by atoms with E-state index >= 15 is 0 Å². The molecule has 2 aromatic rings. The number of nitrogens with zero attached hydrogens (tertiary/aromatic N) is 1. The molecule has 12 heteroatoms. The first-order valence-corrected chi connectivity index (χ1v) is 9.50. The number of nitrogens with one attached hydrogen (secondary N) is 1. The van der Waals surface area contributed by atoms with E-state index in [1.165, 1.54) is 0 Å². The molecule has 1 aromatic heterocycles. The molecular weight excluding hydrogens is 441 g/mol. The molecule has 0 aliphatic heterocycles. The topological polar surface area (TPSA) is 57.2 Å². The van der Waals surface area contributed by atoms with E-state index in [0.717, 1.165) is 30.3 Å². The van der Waals surface area contributed by atoms with Gasteiger partial charge < -0.3 is 9.29 Å². The minimum Gasteiger partial charge on any atom is -0.598 e. The van der Waals surface area contributed by atoms with Gasteiger partial charge in [0.25, 0.3) is 0 Å². The van der Waals surface area contributed by atoms with Crippen molar-refractivity contribution in [2.45, 2.75) is 44.1 Å². The Labute approximate surface area is 170 Å². The van der Waals surface area contributed by atoms with Gasteiger partial charge in [0, 0.05) is 11.4 Å². The molecule has 2 rings (SSSR count). The Balaban J connectivity index is 2.49. The van der Waals surface area contributed by atoms with E-state index < -0.39 is 52.0 Å². The Kier molecular flexibility index (Phi) is 6.94. The van der Waals surface area contributed by atoms with Crippen molar-refractivity contribution in [1.29, 1.82) is 0 Å². The normalized spacial score (nSPS) is 15.0. The standard InChI is InChI=1S/C18H17F7N2O2S/c1-16(2,3)30(28)27-14(10-4-6-11(7-5-10)29-18(23,24)25)13-9-8-12(19)15(26-13)17(20,21)22/h4-9,14,27H,1-3H3/t14?,30-/m1/s1. The second kappa shape index (κ2) is 8.60. The number of hydrogen-bond acceptors (Lipinski definition) is 4. The fraction of sp³-hybridized carbons (Fsp3) is 0.389. The number of alkyl halides is 6. The summed E-state index contributed by atoms with van der Waals surface area (Å²) in [6.07, 6.45) is -9.99. The lowest BCUT2D eigenvalue weighted by Crippen LogP contribution is -2.42. The minimum atomic E-state index is -5.07. The summed E-state index contributed by atoms with van der Waals surface area (Å²) in [7, 11) is 0. The van der Waals surface area contributed by atoms with Gasteiger partial charge in [0.1, 0.15) is 16.5 Å². The third kappa shape index (κ3) is 6.47. The lowest BCUT2D eigenvalue weighted by molar-refractivity contribution is -0.274. The van der Waals surface area contributed by atoms with Crippen LogP contribution in [0.1, 0.15) is 43.8 Å². The van der Waals surface area contributed by atoms with Gasteiger partial charge >= 0.3 is 12.5 Å². The van der Waals surface area contributed by atoms with Crippen LogP contribution < -0.4 is 9.46 Å². The van der Waals surface area contributed by atoms with Crippen LogP contribution in [0.25, 0.3) is 0 Å². The number of ether oxygens (including phenoxy) is 1. The van der Waals surface area contributed by atoms with Gasteiger partial charge in [-0.15, -0.1) is 17.9 Å². The van der Waals surface area contributed by atoms with Gasteiger partial charge in [-0.05, 0) is 50.6 Å². The third-order valence-corrected chi connectivity index (χ3v) is 5.22. The molecule has 0 saturated heterocycles. The van der Waals surface area contributed by atoms with Crippen LogP contribution in [0, 0.1) is 5.82 Å². The van der Waals surface area contributed by atoms with E-state index in [1.54, 1.807) is 20.8 Å². The molecule has 30 heavy (non-hydrogen) atoms. The molecule has 1 heterocycles. The molecule has 0 aliphatic carbocycles. The maximum absolute atomic E-state index is 13.6. The van der Waals surface area contributed by atoms with Crippen molar-refractivity contribution in [3.05, 3.63) is 59.2 Å². The summed E-state index contributed by atoms with van der Waals surface area (Å²) in [6, 6.07) is 4.51. The highest BCUT2D eigenvalue weighted by Gasteiger charge is 2.38. The zero-order valence-corrected chi connectivity index (χ0v) is 16.7. The van der Waals surface area contributed by atoms with Crippen LogP contribution in [0.5, 0.6) is 5.75 Å². The summed E-state index contributed by atoms with van der Waals surface area (Å²) in [5, 5.41) is 0. The minimum absolute atomic E-state index is 0.148. The van der Waals surface area contributed by atoms with Crippen molar-refractivity contribution in [1.82, 2.24) is 9.71 Å². The molecule has 0 aliphatic rings. The predicted molar refractivity (Wildman–Crippen MR) is 95.2 cm³/mol. The molecule has 0 fully saturated rings. The van der Waals surface area contributed by atoms with Gasteiger partial charge in [0.05, 0.1) is 5.69 Å². The first-order valence-electron chi connectivity index (χ1n) is 8.35. The number of pyridine rings is 1. The summed E-state index contributed by atoms with van der Waals surface area (Å²) in [6.45, 7) is 4.81. The molecule has 4 nitrogen and oxygen atoms in total. The zero-order valence-electron chi connectivity index (χ0n) is 15.9. The second-order valence-electron chi connectivity index (χ2n) is 7.11. The average Bonchev–Trinajstić information content (AvgIpc) is 2.58. The number of halogens is 7. The van der Waals surface area contributed by atoms with Crippen molar-refractivity contribution in [2.24, 2.45) is 0 Å². The second-order valence-corrected chi connectivity index (χ2v) is 9.11. The molecule has 0 bridgehead atoms. The molecule has 166 valence electrons. The van der Waals surface area contributed by atoms with Crippen LogP contribution >= 0.6 is 0 Å². The number of aromatic nitrogens is 1. The van der Waals surface area contributed by atoms with E-state index in [0.29, 0.717) is 6.07 Å². The number of hydrogen-bond donors (Lipinski definition) is 1. The van der Waals surface area contributed by atoms with Crippen molar-refractivity contribution >= 4 is 11.4 Å². The molecule has 1 N–H and O–H groups in total. The van der Waals surface area contributed by atoms with Gasteiger partial charge in [0.15, 0.2) is 11.5 Å². The van der Waals surface area contributed by atoms with Gasteiger partial charge in [0.2, 0.25) is 0 Å². The van der Waals surface area contributed by atoms with Crippen LogP contribution in [-0.4, -0.2) is 20.6 Å². The van der Waals surface area contributed by atoms with E-state index in [-0.39, 0.29) is 11.3 Å². The summed E-state index contributed by atoms with van der Waals surface area (Å²) < 4.78 is 108. The number of rotatable bonds is 5. The lowest BCUT2D eigenvalue weighted by Gasteiger charge is -2.28. The predicted octanol–water partition coefficient (Wildman–Crippen LogP) is 5.28. The van der Waals surface area contributed by atoms with E-state index in [1.807, 2.05) is 0 Å². The molecule has 2 atom stereocenters. The maximum atomic E-state index is 13.6. The first-order chi connectivity index (χ1) is 13.6. The molecular formula is C18H17F7N2O2S. The Bertz CT molecular complexity index is 865. The Morgan fingerprint density at radius 3 is 2.00 bits per heavy atom. The van der Waals surface area contributed by atoms with Crippen molar-refractivity contribution in [3.8, 4) is 5.75 Å². The quantitative estimate of drug-likeness (QED) is 0.489. The Hall–Kier alpha value is -2.05. The van der Waals surface area contributed by atoms with E-state index in [4.69, 9.17) is 0 Å². The monoisotopic (exact) mass is 458 g/mol. The average molecular weight is 458 g/mol. The van der Waals surface area contributed by atoms with Gasteiger partial charge in [-0.1, -0.05) is 12.1 Å². The highest BCUT2D eigenvalue weighted by Crippen LogP contribution is 2.33. The van der Waals surface area contributed by atoms with Crippen LogP contribution in [0.4, 0.5) is 30.7 Å². The Morgan fingerprint density at radius 2 is 1.53 bits per heavy atom. The van der Waals surface area contributed by atoms with Crippen molar-refractivity contribution < 1.29 is 40.0 Å². The third-order valence-electron chi connectivity index (χ3n) is 3.66. The molecule has 0 saturated carbocycles. The van der Waals surface area contributed by atoms with Crippen molar-refractivity contribution in [2.75, 3.05) is 0 Å².